The zero-order valence-corrected chi connectivity index (χ0v) is 10.6. The predicted octanol–water partition coefficient (Wildman–Crippen LogP) is 1.81. The molecule has 0 aromatic carbocycles. The van der Waals surface area contributed by atoms with Crippen molar-refractivity contribution in [2.24, 2.45) is 0 Å². The van der Waals surface area contributed by atoms with Gasteiger partial charge in [0.05, 0.1) is 0 Å². The molecule has 1 aliphatic rings. The standard InChI is InChI=1S/C11H24N2S/c1-4-5-11-9-13(6-7-14-3)10(2)8-12-11/h10-12H,4-9H2,1-3H3. The van der Waals surface area contributed by atoms with Crippen LogP contribution >= 0.6 is 11.8 Å². The molecule has 1 saturated heterocycles. The first-order chi connectivity index (χ1) is 6.77. The summed E-state index contributed by atoms with van der Waals surface area (Å²) in [5, 5.41) is 3.63. The number of nitrogens with zero attached hydrogens (tertiary/aromatic N) is 1. The smallest absolute Gasteiger partial charge is 0.0195 e. The molecule has 1 fully saturated rings. The van der Waals surface area contributed by atoms with E-state index in [1.807, 2.05) is 11.8 Å². The Hall–Kier alpha value is 0.270. The maximum Gasteiger partial charge on any atom is 0.0195 e. The fraction of sp³-hybridized carbons (Fsp3) is 1.00. The molecule has 2 unspecified atom stereocenters. The molecular formula is C11H24N2S. The molecule has 0 aliphatic carbocycles. The quantitative estimate of drug-likeness (QED) is 0.754. The normalized spacial score (nSPS) is 29.4. The Bertz CT molecular complexity index is 152. The molecule has 14 heavy (non-hydrogen) atoms. The molecule has 2 atom stereocenters. The SMILES string of the molecule is CCCC1CN(CCSC)C(C)CN1. The summed E-state index contributed by atoms with van der Waals surface area (Å²) in [5.41, 5.74) is 0. The monoisotopic (exact) mass is 216 g/mol. The van der Waals surface area contributed by atoms with Crippen molar-refractivity contribution in [2.45, 2.75) is 38.8 Å². The molecule has 0 radical (unpaired) electrons. The van der Waals surface area contributed by atoms with E-state index < -0.39 is 0 Å². The summed E-state index contributed by atoms with van der Waals surface area (Å²) in [6, 6.07) is 1.45. The topological polar surface area (TPSA) is 15.3 Å². The summed E-state index contributed by atoms with van der Waals surface area (Å²) < 4.78 is 0. The number of hydrogen-bond donors (Lipinski definition) is 1. The van der Waals surface area contributed by atoms with Crippen molar-refractivity contribution in [3.05, 3.63) is 0 Å². The Morgan fingerprint density at radius 2 is 2.29 bits per heavy atom. The first-order valence-electron chi connectivity index (χ1n) is 5.74. The molecule has 0 aromatic heterocycles. The first-order valence-corrected chi connectivity index (χ1v) is 7.13. The van der Waals surface area contributed by atoms with Crippen LogP contribution in [-0.4, -0.2) is 48.6 Å². The lowest BCUT2D eigenvalue weighted by atomic mass is 10.1. The Labute approximate surface area is 92.8 Å². The van der Waals surface area contributed by atoms with Gasteiger partial charge in [0.2, 0.25) is 0 Å². The molecule has 0 saturated carbocycles. The maximum atomic E-state index is 3.63. The highest BCUT2D eigenvalue weighted by atomic mass is 32.2. The highest BCUT2D eigenvalue weighted by Crippen LogP contribution is 2.10. The van der Waals surface area contributed by atoms with Crippen LogP contribution in [-0.2, 0) is 0 Å². The summed E-state index contributed by atoms with van der Waals surface area (Å²) in [6.07, 6.45) is 4.81. The van der Waals surface area contributed by atoms with E-state index in [2.05, 4.69) is 30.3 Å². The van der Waals surface area contributed by atoms with Crippen molar-refractivity contribution in [3.63, 3.8) is 0 Å². The lowest BCUT2D eigenvalue weighted by molar-refractivity contribution is 0.145. The third-order valence-corrected chi connectivity index (χ3v) is 3.59. The van der Waals surface area contributed by atoms with Crippen LogP contribution in [0.2, 0.25) is 0 Å². The van der Waals surface area contributed by atoms with Gasteiger partial charge in [0.25, 0.3) is 0 Å². The summed E-state index contributed by atoms with van der Waals surface area (Å²) >= 11 is 1.95. The summed E-state index contributed by atoms with van der Waals surface area (Å²) in [7, 11) is 0. The van der Waals surface area contributed by atoms with Crippen LogP contribution in [0.1, 0.15) is 26.7 Å². The highest BCUT2D eigenvalue weighted by molar-refractivity contribution is 7.98. The Morgan fingerprint density at radius 1 is 1.50 bits per heavy atom. The maximum absolute atomic E-state index is 3.63. The van der Waals surface area contributed by atoms with E-state index in [0.29, 0.717) is 0 Å². The molecular weight excluding hydrogens is 192 g/mol. The van der Waals surface area contributed by atoms with Gasteiger partial charge in [0, 0.05) is 37.5 Å². The first kappa shape index (κ1) is 12.3. The van der Waals surface area contributed by atoms with Crippen molar-refractivity contribution in [3.8, 4) is 0 Å². The number of piperazine rings is 1. The lowest BCUT2D eigenvalue weighted by Crippen LogP contribution is -2.55. The van der Waals surface area contributed by atoms with Gasteiger partial charge in [-0.2, -0.15) is 11.8 Å². The minimum absolute atomic E-state index is 0.718. The van der Waals surface area contributed by atoms with Gasteiger partial charge < -0.3 is 5.32 Å². The van der Waals surface area contributed by atoms with E-state index in [-0.39, 0.29) is 0 Å². The van der Waals surface area contributed by atoms with E-state index in [9.17, 15) is 0 Å². The van der Waals surface area contributed by atoms with E-state index >= 15 is 0 Å². The second-order valence-electron chi connectivity index (χ2n) is 4.23. The van der Waals surface area contributed by atoms with Crippen molar-refractivity contribution < 1.29 is 0 Å². The Balaban J connectivity index is 2.30. The molecule has 1 N–H and O–H groups in total. The zero-order valence-electron chi connectivity index (χ0n) is 9.75. The van der Waals surface area contributed by atoms with Gasteiger partial charge in [-0.15, -0.1) is 0 Å². The molecule has 3 heteroatoms. The van der Waals surface area contributed by atoms with Gasteiger partial charge in [-0.25, -0.2) is 0 Å². The fourth-order valence-electron chi connectivity index (χ4n) is 2.06. The van der Waals surface area contributed by atoms with Gasteiger partial charge in [-0.1, -0.05) is 13.3 Å². The van der Waals surface area contributed by atoms with Gasteiger partial charge in [-0.3, -0.25) is 4.90 Å². The molecule has 1 aliphatic heterocycles. The van der Waals surface area contributed by atoms with Gasteiger partial charge in [0.15, 0.2) is 0 Å². The molecule has 0 bridgehead atoms. The van der Waals surface area contributed by atoms with Crippen molar-refractivity contribution >= 4 is 11.8 Å². The van der Waals surface area contributed by atoms with Gasteiger partial charge >= 0.3 is 0 Å². The third-order valence-electron chi connectivity index (χ3n) is 3.00. The molecule has 2 nitrogen and oxygen atoms in total. The van der Waals surface area contributed by atoms with Crippen LogP contribution in [0.25, 0.3) is 0 Å². The van der Waals surface area contributed by atoms with Crippen LogP contribution in [0.15, 0.2) is 0 Å². The van der Waals surface area contributed by atoms with Crippen LogP contribution in [0.3, 0.4) is 0 Å². The predicted molar refractivity (Wildman–Crippen MR) is 66.1 cm³/mol. The van der Waals surface area contributed by atoms with Crippen LogP contribution < -0.4 is 5.32 Å². The Kier molecular flexibility index (Phi) is 5.90. The molecule has 1 heterocycles. The third kappa shape index (κ3) is 3.79. The summed E-state index contributed by atoms with van der Waals surface area (Å²) in [4.78, 5) is 2.63. The molecule has 84 valence electrons. The number of rotatable bonds is 5. The second-order valence-corrected chi connectivity index (χ2v) is 5.22. The summed E-state index contributed by atoms with van der Waals surface area (Å²) in [6.45, 7) is 8.26. The Morgan fingerprint density at radius 3 is 2.93 bits per heavy atom. The summed E-state index contributed by atoms with van der Waals surface area (Å²) in [5.74, 6) is 1.27. The van der Waals surface area contributed by atoms with E-state index in [1.54, 1.807) is 0 Å². The minimum Gasteiger partial charge on any atom is -0.311 e. The number of thioether (sulfide) groups is 1. The van der Waals surface area contributed by atoms with Crippen molar-refractivity contribution in [1.29, 1.82) is 0 Å². The van der Waals surface area contributed by atoms with E-state index in [4.69, 9.17) is 0 Å². The molecule has 0 spiro atoms. The molecule has 0 aromatic rings. The lowest BCUT2D eigenvalue weighted by Gasteiger charge is -2.38. The number of nitrogens with one attached hydrogen (secondary N) is 1. The molecule has 0 amide bonds. The molecule has 1 rings (SSSR count). The number of hydrogen-bond acceptors (Lipinski definition) is 3. The van der Waals surface area contributed by atoms with Crippen LogP contribution in [0, 0.1) is 0 Å². The second kappa shape index (κ2) is 6.70. The average molecular weight is 216 g/mol. The average Bonchev–Trinajstić information content (AvgIpc) is 2.19. The zero-order chi connectivity index (χ0) is 10.4. The van der Waals surface area contributed by atoms with E-state index in [0.717, 1.165) is 12.1 Å². The van der Waals surface area contributed by atoms with Gasteiger partial charge in [-0.05, 0) is 19.6 Å². The van der Waals surface area contributed by atoms with Crippen LogP contribution in [0.4, 0.5) is 0 Å². The largest absolute Gasteiger partial charge is 0.311 e. The van der Waals surface area contributed by atoms with Crippen LogP contribution in [0.5, 0.6) is 0 Å². The fourth-order valence-corrected chi connectivity index (χ4v) is 2.47. The van der Waals surface area contributed by atoms with E-state index in [1.165, 1.54) is 38.2 Å². The van der Waals surface area contributed by atoms with Crippen molar-refractivity contribution in [1.82, 2.24) is 10.2 Å². The highest BCUT2D eigenvalue weighted by Gasteiger charge is 2.23. The van der Waals surface area contributed by atoms with Crippen molar-refractivity contribution in [2.75, 3.05) is 31.6 Å². The van der Waals surface area contributed by atoms with Gasteiger partial charge in [0.1, 0.15) is 0 Å². The minimum atomic E-state index is 0.718.